The molecule has 28 heavy (non-hydrogen) atoms. The van der Waals surface area contributed by atoms with Crippen molar-refractivity contribution in [3.8, 4) is 11.4 Å². The first-order valence-corrected chi connectivity index (χ1v) is 9.85. The minimum atomic E-state index is -4.43. The van der Waals surface area contributed by atoms with Gasteiger partial charge >= 0.3 is 6.18 Å². The second kappa shape index (κ2) is 8.55. The van der Waals surface area contributed by atoms with E-state index in [-0.39, 0.29) is 5.41 Å². The summed E-state index contributed by atoms with van der Waals surface area (Å²) in [5.41, 5.74) is 2.13. The maximum atomic E-state index is 12.3. The van der Waals surface area contributed by atoms with E-state index in [1.54, 1.807) is 6.92 Å². The van der Waals surface area contributed by atoms with Gasteiger partial charge in [-0.05, 0) is 24.8 Å². The van der Waals surface area contributed by atoms with Crippen molar-refractivity contribution in [3.05, 3.63) is 29.8 Å². The third-order valence-electron chi connectivity index (χ3n) is 4.16. The number of carbonyl (C=O) groups excluding carboxylic acids is 1. The third-order valence-corrected chi connectivity index (χ3v) is 5.24. The van der Waals surface area contributed by atoms with Gasteiger partial charge in [-0.3, -0.25) is 4.79 Å². The molecule has 0 saturated carbocycles. The molecule has 0 fully saturated rings. The summed E-state index contributed by atoms with van der Waals surface area (Å²) >= 11 is 1.09. The smallest absolute Gasteiger partial charge is 0.346 e. The third kappa shape index (κ3) is 5.73. The van der Waals surface area contributed by atoms with Crippen LogP contribution in [0.2, 0.25) is 0 Å². The molecule has 1 amide bonds. The minimum Gasteiger partial charge on any atom is -0.346 e. The van der Waals surface area contributed by atoms with Gasteiger partial charge in [-0.1, -0.05) is 56.8 Å². The molecule has 1 atom stereocenters. The number of nitrogens with zero attached hydrogens (tertiary/aromatic N) is 3. The number of benzene rings is 1. The molecule has 9 heteroatoms. The number of thioether (sulfide) groups is 1. The van der Waals surface area contributed by atoms with Crippen molar-refractivity contribution in [1.29, 1.82) is 0 Å². The quantitative estimate of drug-likeness (QED) is 0.711. The lowest BCUT2D eigenvalue weighted by molar-refractivity contribution is -0.137. The number of aromatic nitrogens is 3. The van der Waals surface area contributed by atoms with Crippen LogP contribution in [0.25, 0.3) is 11.4 Å². The number of hydrogen-bond acceptors (Lipinski definition) is 4. The molecule has 1 aromatic heterocycles. The summed E-state index contributed by atoms with van der Waals surface area (Å²) in [6, 6.07) is 8.05. The molecule has 0 unspecified atom stereocenters. The average Bonchev–Trinajstić information content (AvgIpc) is 3.00. The van der Waals surface area contributed by atoms with Crippen molar-refractivity contribution in [2.24, 2.45) is 0 Å². The van der Waals surface area contributed by atoms with Crippen LogP contribution in [0, 0.1) is 0 Å². The summed E-state index contributed by atoms with van der Waals surface area (Å²) in [4.78, 5) is 11.9. The first-order chi connectivity index (χ1) is 12.9. The lowest BCUT2D eigenvalue weighted by Crippen LogP contribution is -2.38. The molecule has 0 bridgehead atoms. The van der Waals surface area contributed by atoms with E-state index in [1.165, 1.54) is 5.56 Å². The van der Waals surface area contributed by atoms with Crippen LogP contribution in [0.3, 0.4) is 0 Å². The van der Waals surface area contributed by atoms with E-state index in [1.807, 2.05) is 41.1 Å². The maximum Gasteiger partial charge on any atom is 0.405 e. The first kappa shape index (κ1) is 22.3. The molecule has 1 N–H and O–H groups in total. The highest BCUT2D eigenvalue weighted by atomic mass is 32.2. The fourth-order valence-electron chi connectivity index (χ4n) is 2.54. The van der Waals surface area contributed by atoms with Gasteiger partial charge in [-0.25, -0.2) is 0 Å². The zero-order chi connectivity index (χ0) is 21.1. The fourth-order valence-corrected chi connectivity index (χ4v) is 3.47. The van der Waals surface area contributed by atoms with Crippen molar-refractivity contribution in [2.45, 2.75) is 63.2 Å². The SMILES string of the molecule is CCn1c(S[C@@H](C)C(=O)NCC(F)(F)F)nnc1-c1ccc(C(C)(C)C)cc1. The van der Waals surface area contributed by atoms with Gasteiger partial charge in [0.2, 0.25) is 5.91 Å². The van der Waals surface area contributed by atoms with E-state index in [0.717, 1.165) is 17.3 Å². The van der Waals surface area contributed by atoms with Crippen LogP contribution in [0.4, 0.5) is 13.2 Å². The van der Waals surface area contributed by atoms with Crippen LogP contribution >= 0.6 is 11.8 Å². The molecule has 2 rings (SSSR count). The zero-order valence-electron chi connectivity index (χ0n) is 16.6. The lowest BCUT2D eigenvalue weighted by Gasteiger charge is -2.19. The van der Waals surface area contributed by atoms with E-state index in [9.17, 15) is 18.0 Å². The van der Waals surface area contributed by atoms with Crippen LogP contribution in [0.5, 0.6) is 0 Å². The average molecular weight is 414 g/mol. The van der Waals surface area contributed by atoms with Gasteiger partial charge in [0.25, 0.3) is 0 Å². The summed E-state index contributed by atoms with van der Waals surface area (Å²) in [5.74, 6) is -0.0302. The highest BCUT2D eigenvalue weighted by Crippen LogP contribution is 2.29. The van der Waals surface area contributed by atoms with Crippen molar-refractivity contribution < 1.29 is 18.0 Å². The number of halogens is 3. The van der Waals surface area contributed by atoms with Gasteiger partial charge in [0.1, 0.15) is 6.54 Å². The Balaban J connectivity index is 2.16. The largest absolute Gasteiger partial charge is 0.405 e. The van der Waals surface area contributed by atoms with Gasteiger partial charge in [0, 0.05) is 12.1 Å². The van der Waals surface area contributed by atoms with E-state index in [0.29, 0.717) is 17.5 Å². The lowest BCUT2D eigenvalue weighted by atomic mass is 9.87. The standard InChI is InChI=1S/C19H25F3N4OS/c1-6-26-15(13-7-9-14(10-8-13)18(3,4)5)24-25-17(26)28-12(2)16(27)23-11-19(20,21)22/h7-10,12H,6,11H2,1-5H3,(H,23,27)/t12-/m0/s1. The normalized spacial score (nSPS) is 13.4. The number of carbonyl (C=O) groups is 1. The van der Waals surface area contributed by atoms with E-state index in [4.69, 9.17) is 0 Å². The number of alkyl halides is 3. The molecule has 5 nitrogen and oxygen atoms in total. The van der Waals surface area contributed by atoms with Crippen molar-refractivity contribution in [2.75, 3.05) is 6.54 Å². The molecule has 0 aliphatic heterocycles. The summed E-state index contributed by atoms with van der Waals surface area (Å²) in [6.45, 7) is 9.10. The number of hydrogen-bond donors (Lipinski definition) is 1. The minimum absolute atomic E-state index is 0.0389. The second-order valence-electron chi connectivity index (χ2n) is 7.47. The van der Waals surface area contributed by atoms with Gasteiger partial charge in [0.05, 0.1) is 5.25 Å². The molecule has 154 valence electrons. The Kier molecular flexibility index (Phi) is 6.80. The van der Waals surface area contributed by atoms with Crippen LogP contribution in [-0.2, 0) is 16.8 Å². The Morgan fingerprint density at radius 3 is 2.29 bits per heavy atom. The summed E-state index contributed by atoms with van der Waals surface area (Å²) in [6.07, 6.45) is -4.43. The number of nitrogens with one attached hydrogen (secondary N) is 1. The zero-order valence-corrected chi connectivity index (χ0v) is 17.4. The van der Waals surface area contributed by atoms with Crippen LogP contribution in [-0.4, -0.2) is 38.6 Å². The number of amides is 1. The topological polar surface area (TPSA) is 59.8 Å². The number of rotatable bonds is 6. The van der Waals surface area contributed by atoms with Gasteiger partial charge in [-0.2, -0.15) is 13.2 Å². The van der Waals surface area contributed by atoms with Crippen LogP contribution in [0.15, 0.2) is 29.4 Å². The van der Waals surface area contributed by atoms with Crippen molar-refractivity contribution in [3.63, 3.8) is 0 Å². The summed E-state index contributed by atoms with van der Waals surface area (Å²) in [5, 5.41) is 10.0. The molecule has 0 spiro atoms. The van der Waals surface area contributed by atoms with Crippen LogP contribution in [0.1, 0.15) is 40.2 Å². The van der Waals surface area contributed by atoms with E-state index >= 15 is 0 Å². The van der Waals surface area contributed by atoms with Crippen molar-refractivity contribution in [1.82, 2.24) is 20.1 Å². The predicted octanol–water partition coefficient (Wildman–Crippen LogP) is 4.42. The van der Waals surface area contributed by atoms with Crippen LogP contribution < -0.4 is 5.32 Å². The molecule has 0 radical (unpaired) electrons. The highest BCUT2D eigenvalue weighted by Gasteiger charge is 2.29. The van der Waals surface area contributed by atoms with E-state index in [2.05, 4.69) is 31.0 Å². The van der Waals surface area contributed by atoms with E-state index < -0.39 is 23.9 Å². The molecular weight excluding hydrogens is 389 g/mol. The molecule has 0 saturated heterocycles. The Labute approximate surface area is 167 Å². The van der Waals surface area contributed by atoms with Crippen molar-refractivity contribution >= 4 is 17.7 Å². The molecule has 1 aromatic carbocycles. The molecule has 0 aliphatic rings. The van der Waals surface area contributed by atoms with Gasteiger partial charge < -0.3 is 9.88 Å². The Hall–Kier alpha value is -2.03. The maximum absolute atomic E-state index is 12.3. The molecule has 0 aliphatic carbocycles. The summed E-state index contributed by atoms with van der Waals surface area (Å²) in [7, 11) is 0. The summed E-state index contributed by atoms with van der Waals surface area (Å²) < 4.78 is 38.7. The monoisotopic (exact) mass is 414 g/mol. The molecule has 2 aromatic rings. The highest BCUT2D eigenvalue weighted by molar-refractivity contribution is 8.00. The molecular formula is C19H25F3N4OS. The van der Waals surface area contributed by atoms with Gasteiger partial charge in [0.15, 0.2) is 11.0 Å². The first-order valence-electron chi connectivity index (χ1n) is 8.97. The second-order valence-corrected chi connectivity index (χ2v) is 8.78. The Bertz CT molecular complexity index is 810. The Morgan fingerprint density at radius 2 is 1.79 bits per heavy atom. The Morgan fingerprint density at radius 1 is 1.18 bits per heavy atom. The molecule has 1 heterocycles. The predicted molar refractivity (Wildman–Crippen MR) is 104 cm³/mol. The fraction of sp³-hybridized carbons (Fsp3) is 0.526. The van der Waals surface area contributed by atoms with Gasteiger partial charge in [-0.15, -0.1) is 10.2 Å².